The lowest BCUT2D eigenvalue weighted by atomic mass is 9.99. The summed E-state index contributed by atoms with van der Waals surface area (Å²) in [4.78, 5) is 24.2. The number of carbonyl (C=O) groups excluding carboxylic acids is 2. The number of carbonyl (C=O) groups is 2. The van der Waals surface area contributed by atoms with Crippen molar-refractivity contribution in [2.75, 3.05) is 22.7 Å². The molecule has 0 heterocycles. The van der Waals surface area contributed by atoms with E-state index in [4.69, 9.17) is 11.6 Å². The molecular formula is C14H17BrClNO2. The second-order valence-electron chi connectivity index (χ2n) is 4.26. The van der Waals surface area contributed by atoms with E-state index in [1.54, 1.807) is 0 Å². The highest BCUT2D eigenvalue weighted by Crippen LogP contribution is 2.28. The third-order valence-electron chi connectivity index (χ3n) is 3.05. The average Bonchev–Trinajstić information content (AvgIpc) is 2.40. The second-order valence-corrected chi connectivity index (χ2v) is 5.32. The Bertz CT molecular complexity index is 477. The number of hydrogen-bond acceptors (Lipinski definition) is 2. The number of benzene rings is 1. The van der Waals surface area contributed by atoms with Crippen LogP contribution in [0.15, 0.2) is 12.1 Å². The van der Waals surface area contributed by atoms with Gasteiger partial charge in [-0.1, -0.05) is 28.1 Å². The first-order chi connectivity index (χ1) is 9.06. The maximum atomic E-state index is 11.9. The summed E-state index contributed by atoms with van der Waals surface area (Å²) < 4.78 is 0. The van der Waals surface area contributed by atoms with Crippen molar-refractivity contribution >= 4 is 45.4 Å². The Labute approximate surface area is 127 Å². The highest BCUT2D eigenvalue weighted by molar-refractivity contribution is 9.09. The van der Waals surface area contributed by atoms with Crippen LogP contribution in [-0.4, -0.2) is 29.9 Å². The molecule has 104 valence electrons. The molecule has 0 spiro atoms. The lowest BCUT2D eigenvalue weighted by Gasteiger charge is -2.25. The first-order valence-electron chi connectivity index (χ1n) is 6.01. The van der Waals surface area contributed by atoms with Crippen molar-refractivity contribution in [2.45, 2.75) is 20.3 Å². The second kappa shape index (κ2) is 7.65. The summed E-state index contributed by atoms with van der Waals surface area (Å²) in [6, 6.07) is 4.03. The van der Waals surface area contributed by atoms with Gasteiger partial charge >= 0.3 is 0 Å². The molecule has 0 saturated carbocycles. The molecule has 0 aliphatic rings. The number of hydrogen-bond donors (Lipinski definition) is 0. The Kier molecular flexibility index (Phi) is 6.52. The topological polar surface area (TPSA) is 37.4 Å². The normalized spacial score (nSPS) is 10.3. The lowest BCUT2D eigenvalue weighted by Crippen LogP contribution is -2.34. The van der Waals surface area contributed by atoms with Crippen molar-refractivity contribution in [3.63, 3.8) is 0 Å². The molecule has 0 radical (unpaired) electrons. The Balaban J connectivity index is 3.31. The Morgan fingerprint density at radius 1 is 1.42 bits per heavy atom. The molecule has 0 fully saturated rings. The van der Waals surface area contributed by atoms with Crippen molar-refractivity contribution in [1.29, 1.82) is 0 Å². The monoisotopic (exact) mass is 345 g/mol. The standard InChI is InChI=1S/C14H17BrClNO2/c1-10-3-4-12(5-6-15)11(2)14(10)17(7-8-18)13(19)9-16/h3-4,8H,5-7,9H2,1-2H3. The number of amides is 1. The average molecular weight is 347 g/mol. The SMILES string of the molecule is Cc1ccc(CCBr)c(C)c1N(CC=O)C(=O)CCl. The van der Waals surface area contributed by atoms with Crippen LogP contribution in [0, 0.1) is 13.8 Å². The fourth-order valence-electron chi connectivity index (χ4n) is 2.13. The summed E-state index contributed by atoms with van der Waals surface area (Å²) in [7, 11) is 0. The quantitative estimate of drug-likeness (QED) is 0.586. The summed E-state index contributed by atoms with van der Waals surface area (Å²) in [5, 5.41) is 0.855. The Hall–Kier alpha value is -0.870. The van der Waals surface area contributed by atoms with Gasteiger partial charge in [0.15, 0.2) is 0 Å². The fraction of sp³-hybridized carbons (Fsp3) is 0.429. The van der Waals surface area contributed by atoms with Crippen molar-refractivity contribution in [3.8, 4) is 0 Å². The van der Waals surface area contributed by atoms with Gasteiger partial charge in [0.2, 0.25) is 5.91 Å². The smallest absolute Gasteiger partial charge is 0.242 e. The van der Waals surface area contributed by atoms with Crippen LogP contribution in [0.1, 0.15) is 16.7 Å². The minimum Gasteiger partial charge on any atom is -0.304 e. The van der Waals surface area contributed by atoms with Gasteiger partial charge in [-0.3, -0.25) is 4.79 Å². The number of alkyl halides is 2. The molecule has 5 heteroatoms. The molecule has 1 aromatic carbocycles. The number of aldehydes is 1. The predicted octanol–water partition coefficient (Wildman–Crippen LogP) is 3.01. The zero-order valence-corrected chi connectivity index (χ0v) is 13.4. The molecule has 1 rings (SSSR count). The van der Waals surface area contributed by atoms with E-state index in [0.717, 1.165) is 40.4 Å². The molecule has 0 aliphatic heterocycles. The Morgan fingerprint density at radius 3 is 2.63 bits per heavy atom. The molecule has 0 aliphatic carbocycles. The van der Waals surface area contributed by atoms with Gasteiger partial charge in [0, 0.05) is 5.33 Å². The number of halogens is 2. The molecule has 0 unspecified atom stereocenters. The third-order valence-corrected chi connectivity index (χ3v) is 3.68. The van der Waals surface area contributed by atoms with Crippen LogP contribution < -0.4 is 4.90 Å². The van der Waals surface area contributed by atoms with Crippen LogP contribution in [0.3, 0.4) is 0 Å². The van der Waals surface area contributed by atoms with E-state index < -0.39 is 0 Å². The zero-order chi connectivity index (χ0) is 14.4. The van der Waals surface area contributed by atoms with E-state index in [9.17, 15) is 9.59 Å². The minimum atomic E-state index is -0.254. The van der Waals surface area contributed by atoms with Gasteiger partial charge in [0.1, 0.15) is 12.2 Å². The van der Waals surface area contributed by atoms with Gasteiger partial charge in [-0.2, -0.15) is 0 Å². The van der Waals surface area contributed by atoms with E-state index in [0.29, 0.717) is 0 Å². The van der Waals surface area contributed by atoms with Crippen LogP contribution in [-0.2, 0) is 16.0 Å². The molecule has 3 nitrogen and oxygen atoms in total. The third kappa shape index (κ3) is 3.80. The van der Waals surface area contributed by atoms with Gasteiger partial charge in [-0.15, -0.1) is 11.6 Å². The van der Waals surface area contributed by atoms with Gasteiger partial charge in [-0.05, 0) is 37.0 Å². The van der Waals surface area contributed by atoms with Crippen LogP contribution in [0.5, 0.6) is 0 Å². The first kappa shape index (κ1) is 16.2. The fourth-order valence-corrected chi connectivity index (χ4v) is 2.70. The summed E-state index contributed by atoms with van der Waals surface area (Å²) in [5.41, 5.74) is 3.96. The summed E-state index contributed by atoms with van der Waals surface area (Å²) in [6.07, 6.45) is 1.60. The molecule has 0 aromatic heterocycles. The first-order valence-corrected chi connectivity index (χ1v) is 7.67. The van der Waals surface area contributed by atoms with E-state index in [1.807, 2.05) is 19.9 Å². The number of rotatable bonds is 6. The molecule has 0 bridgehead atoms. The van der Waals surface area contributed by atoms with E-state index >= 15 is 0 Å². The van der Waals surface area contributed by atoms with Gasteiger partial charge < -0.3 is 9.69 Å². The number of anilines is 1. The zero-order valence-electron chi connectivity index (χ0n) is 11.1. The van der Waals surface area contributed by atoms with E-state index in [2.05, 4.69) is 22.0 Å². The minimum absolute atomic E-state index is 0.0327. The maximum Gasteiger partial charge on any atom is 0.242 e. The lowest BCUT2D eigenvalue weighted by molar-refractivity contribution is -0.117. The van der Waals surface area contributed by atoms with Crippen molar-refractivity contribution < 1.29 is 9.59 Å². The van der Waals surface area contributed by atoms with Gasteiger partial charge in [-0.25, -0.2) is 0 Å². The molecule has 0 saturated heterocycles. The van der Waals surface area contributed by atoms with Crippen molar-refractivity contribution in [1.82, 2.24) is 0 Å². The molecule has 1 aromatic rings. The summed E-state index contributed by atoms with van der Waals surface area (Å²) in [6.45, 7) is 3.93. The molecule has 0 N–H and O–H groups in total. The summed E-state index contributed by atoms with van der Waals surface area (Å²) in [5.74, 6) is -0.383. The van der Waals surface area contributed by atoms with E-state index in [1.165, 1.54) is 4.90 Å². The molecule has 0 atom stereocenters. The predicted molar refractivity (Wildman–Crippen MR) is 82.6 cm³/mol. The molecule has 1 amide bonds. The largest absolute Gasteiger partial charge is 0.304 e. The van der Waals surface area contributed by atoms with Crippen LogP contribution in [0.2, 0.25) is 0 Å². The highest BCUT2D eigenvalue weighted by Gasteiger charge is 2.19. The Morgan fingerprint density at radius 2 is 2.11 bits per heavy atom. The van der Waals surface area contributed by atoms with Crippen molar-refractivity contribution in [2.24, 2.45) is 0 Å². The van der Waals surface area contributed by atoms with Crippen LogP contribution in [0.4, 0.5) is 5.69 Å². The van der Waals surface area contributed by atoms with Crippen LogP contribution in [0.25, 0.3) is 0 Å². The van der Waals surface area contributed by atoms with Gasteiger partial charge in [0.25, 0.3) is 0 Å². The van der Waals surface area contributed by atoms with Gasteiger partial charge in [0.05, 0.1) is 12.2 Å². The highest BCUT2D eigenvalue weighted by atomic mass is 79.9. The van der Waals surface area contributed by atoms with Crippen LogP contribution >= 0.6 is 27.5 Å². The van der Waals surface area contributed by atoms with Crippen molar-refractivity contribution in [3.05, 3.63) is 28.8 Å². The molecule has 19 heavy (non-hydrogen) atoms. The maximum absolute atomic E-state index is 11.9. The molecular weight excluding hydrogens is 330 g/mol. The number of nitrogens with zero attached hydrogens (tertiary/aromatic N) is 1. The summed E-state index contributed by atoms with van der Waals surface area (Å²) >= 11 is 9.04. The van der Waals surface area contributed by atoms with E-state index in [-0.39, 0.29) is 18.3 Å². The number of aryl methyl sites for hydroxylation is 2.